The number of benzene rings is 2. The number of aliphatic carboxylic acids is 1. The number of ether oxygens (including phenoxy) is 2. The molecule has 0 saturated carbocycles. The normalized spacial score (nSPS) is 11.0. The SMILES string of the molecule is COc1cc(/C=C(/NC(C)=O)C(=O)O)cc(I)c1OCc1cccc(Cl)c1. The molecule has 0 radical (unpaired) electrons. The first-order valence-corrected chi connectivity index (χ1v) is 9.23. The summed E-state index contributed by atoms with van der Waals surface area (Å²) in [6, 6.07) is 10.7. The second kappa shape index (κ2) is 9.61. The number of carbonyl (C=O) groups excluding carboxylic acids is 1. The van der Waals surface area contributed by atoms with Crippen LogP contribution in [0.25, 0.3) is 6.08 Å². The van der Waals surface area contributed by atoms with E-state index in [-0.39, 0.29) is 5.70 Å². The van der Waals surface area contributed by atoms with Gasteiger partial charge < -0.3 is 19.9 Å². The van der Waals surface area contributed by atoms with E-state index in [1.165, 1.54) is 20.1 Å². The van der Waals surface area contributed by atoms with Gasteiger partial charge in [0.1, 0.15) is 12.3 Å². The maximum atomic E-state index is 11.3. The van der Waals surface area contributed by atoms with Gasteiger partial charge in [-0.1, -0.05) is 23.7 Å². The largest absolute Gasteiger partial charge is 0.493 e. The molecule has 0 aliphatic rings. The quantitative estimate of drug-likeness (QED) is 0.441. The number of halogens is 2. The highest BCUT2D eigenvalue weighted by Crippen LogP contribution is 2.35. The van der Waals surface area contributed by atoms with Crippen LogP contribution in [0.3, 0.4) is 0 Å². The van der Waals surface area contributed by atoms with Crippen molar-refractivity contribution in [2.45, 2.75) is 13.5 Å². The highest BCUT2D eigenvalue weighted by Gasteiger charge is 2.14. The Morgan fingerprint density at radius 3 is 2.63 bits per heavy atom. The van der Waals surface area contributed by atoms with E-state index in [9.17, 15) is 14.7 Å². The first-order chi connectivity index (χ1) is 12.8. The van der Waals surface area contributed by atoms with Crippen LogP contribution >= 0.6 is 34.2 Å². The summed E-state index contributed by atoms with van der Waals surface area (Å²) in [6.07, 6.45) is 1.36. The lowest BCUT2D eigenvalue weighted by Gasteiger charge is -2.14. The molecule has 142 valence electrons. The monoisotopic (exact) mass is 501 g/mol. The highest BCUT2D eigenvalue weighted by molar-refractivity contribution is 14.1. The number of nitrogens with one attached hydrogen (secondary N) is 1. The van der Waals surface area contributed by atoms with Gasteiger partial charge in [0.15, 0.2) is 11.5 Å². The van der Waals surface area contributed by atoms with E-state index in [1.807, 2.05) is 18.2 Å². The minimum atomic E-state index is -1.24. The van der Waals surface area contributed by atoms with Gasteiger partial charge in [-0.2, -0.15) is 0 Å². The lowest BCUT2D eigenvalue weighted by Crippen LogP contribution is -2.24. The summed E-state index contributed by atoms with van der Waals surface area (Å²) in [4.78, 5) is 22.4. The van der Waals surface area contributed by atoms with Crippen LogP contribution in [-0.2, 0) is 16.2 Å². The first kappa shape index (κ1) is 21.0. The second-order valence-electron chi connectivity index (χ2n) is 5.50. The molecule has 0 aromatic heterocycles. The van der Waals surface area contributed by atoms with Crippen LogP contribution in [0.2, 0.25) is 5.02 Å². The van der Waals surface area contributed by atoms with E-state index in [0.717, 1.165) is 9.13 Å². The highest BCUT2D eigenvalue weighted by atomic mass is 127. The summed E-state index contributed by atoms with van der Waals surface area (Å²) in [5, 5.41) is 12.1. The number of rotatable bonds is 7. The van der Waals surface area contributed by atoms with Crippen molar-refractivity contribution in [1.82, 2.24) is 5.32 Å². The molecule has 0 bridgehead atoms. The molecule has 0 heterocycles. The molecule has 2 rings (SSSR count). The number of hydrogen-bond donors (Lipinski definition) is 2. The van der Waals surface area contributed by atoms with Gasteiger partial charge in [0.25, 0.3) is 0 Å². The molecular formula is C19H17ClINO5. The average molecular weight is 502 g/mol. The van der Waals surface area contributed by atoms with Crippen LogP contribution in [0, 0.1) is 3.57 Å². The molecule has 2 aromatic carbocycles. The minimum Gasteiger partial charge on any atom is -0.493 e. The maximum Gasteiger partial charge on any atom is 0.352 e. The average Bonchev–Trinajstić information content (AvgIpc) is 2.59. The first-order valence-electron chi connectivity index (χ1n) is 7.77. The number of carboxylic acids is 1. The summed E-state index contributed by atoms with van der Waals surface area (Å²) >= 11 is 8.06. The van der Waals surface area contributed by atoms with Crippen LogP contribution in [0.5, 0.6) is 11.5 Å². The van der Waals surface area contributed by atoms with Crippen LogP contribution in [-0.4, -0.2) is 24.1 Å². The fourth-order valence-electron chi connectivity index (χ4n) is 2.25. The van der Waals surface area contributed by atoms with Crippen molar-refractivity contribution in [3.05, 3.63) is 61.8 Å². The fraction of sp³-hybridized carbons (Fsp3) is 0.158. The molecule has 1 amide bonds. The van der Waals surface area contributed by atoms with Crippen molar-refractivity contribution in [1.29, 1.82) is 0 Å². The molecule has 27 heavy (non-hydrogen) atoms. The molecule has 6 nitrogen and oxygen atoms in total. The number of amides is 1. The third-order valence-electron chi connectivity index (χ3n) is 3.38. The van der Waals surface area contributed by atoms with Crippen LogP contribution < -0.4 is 14.8 Å². The number of hydrogen-bond acceptors (Lipinski definition) is 4. The Hall–Kier alpha value is -2.26. The summed E-state index contributed by atoms with van der Waals surface area (Å²) in [5.41, 5.74) is 1.23. The zero-order valence-electron chi connectivity index (χ0n) is 14.6. The third-order valence-corrected chi connectivity index (χ3v) is 4.41. The Labute approximate surface area is 175 Å². The van der Waals surface area contributed by atoms with Crippen molar-refractivity contribution >= 4 is 52.1 Å². The van der Waals surface area contributed by atoms with E-state index in [0.29, 0.717) is 28.7 Å². The van der Waals surface area contributed by atoms with Crippen molar-refractivity contribution in [2.75, 3.05) is 7.11 Å². The molecule has 2 aromatic rings. The van der Waals surface area contributed by atoms with Crippen molar-refractivity contribution < 1.29 is 24.2 Å². The number of carboxylic acid groups (broad SMARTS) is 1. The molecule has 0 fully saturated rings. The maximum absolute atomic E-state index is 11.3. The van der Waals surface area contributed by atoms with Gasteiger partial charge in [0.2, 0.25) is 5.91 Å². The number of methoxy groups -OCH3 is 1. The number of carbonyl (C=O) groups is 2. The Bertz CT molecular complexity index is 898. The molecular weight excluding hydrogens is 485 g/mol. The van der Waals surface area contributed by atoms with E-state index < -0.39 is 11.9 Å². The topological polar surface area (TPSA) is 84.9 Å². The van der Waals surface area contributed by atoms with Crippen LogP contribution in [0.1, 0.15) is 18.1 Å². The Kier molecular flexibility index (Phi) is 7.49. The summed E-state index contributed by atoms with van der Waals surface area (Å²) in [6.45, 7) is 1.54. The van der Waals surface area contributed by atoms with Crippen molar-refractivity contribution in [3.63, 3.8) is 0 Å². The molecule has 0 atom stereocenters. The molecule has 0 unspecified atom stereocenters. The van der Waals surface area contributed by atoms with E-state index >= 15 is 0 Å². The Balaban J connectivity index is 2.30. The Morgan fingerprint density at radius 1 is 1.30 bits per heavy atom. The molecule has 0 spiro atoms. The standard InChI is InChI=1S/C19H17ClINO5/c1-11(23)22-16(19(24)25)8-13-7-15(21)18(17(9-13)26-2)27-10-12-4-3-5-14(20)6-12/h3-9H,10H2,1-2H3,(H,22,23)(H,24,25)/b16-8+. The molecule has 0 aliphatic carbocycles. The summed E-state index contributed by atoms with van der Waals surface area (Å²) in [5.74, 6) is -0.721. The minimum absolute atomic E-state index is 0.229. The fourth-order valence-corrected chi connectivity index (χ4v) is 3.25. The van der Waals surface area contributed by atoms with Gasteiger partial charge in [0, 0.05) is 11.9 Å². The summed E-state index contributed by atoms with van der Waals surface area (Å²) in [7, 11) is 1.50. The predicted octanol–water partition coefficient (Wildman–Crippen LogP) is 4.09. The lowest BCUT2D eigenvalue weighted by molar-refractivity contribution is -0.134. The lowest BCUT2D eigenvalue weighted by atomic mass is 10.1. The van der Waals surface area contributed by atoms with Crippen LogP contribution in [0.15, 0.2) is 42.1 Å². The van der Waals surface area contributed by atoms with Gasteiger partial charge in [0.05, 0.1) is 10.7 Å². The predicted molar refractivity (Wildman–Crippen MR) is 111 cm³/mol. The van der Waals surface area contributed by atoms with Gasteiger partial charge in [-0.3, -0.25) is 4.79 Å². The zero-order chi connectivity index (χ0) is 20.0. The second-order valence-corrected chi connectivity index (χ2v) is 7.10. The molecule has 0 aliphatic heterocycles. The molecule has 0 saturated heterocycles. The van der Waals surface area contributed by atoms with Gasteiger partial charge in [-0.05, 0) is 64.1 Å². The molecule has 8 heteroatoms. The van der Waals surface area contributed by atoms with Crippen LogP contribution in [0.4, 0.5) is 0 Å². The van der Waals surface area contributed by atoms with Gasteiger partial charge in [-0.25, -0.2) is 4.79 Å². The zero-order valence-corrected chi connectivity index (χ0v) is 17.5. The van der Waals surface area contributed by atoms with E-state index in [1.54, 1.807) is 18.2 Å². The van der Waals surface area contributed by atoms with E-state index in [2.05, 4.69) is 27.9 Å². The van der Waals surface area contributed by atoms with E-state index in [4.69, 9.17) is 21.1 Å². The van der Waals surface area contributed by atoms with Crippen molar-refractivity contribution in [2.24, 2.45) is 0 Å². The van der Waals surface area contributed by atoms with Crippen molar-refractivity contribution in [3.8, 4) is 11.5 Å². The smallest absolute Gasteiger partial charge is 0.352 e. The third kappa shape index (κ3) is 6.14. The summed E-state index contributed by atoms with van der Waals surface area (Å²) < 4.78 is 12.0. The van der Waals surface area contributed by atoms with Gasteiger partial charge in [-0.15, -0.1) is 0 Å². The van der Waals surface area contributed by atoms with Gasteiger partial charge >= 0.3 is 5.97 Å². The molecule has 2 N–H and O–H groups in total. The Morgan fingerprint density at radius 2 is 2.04 bits per heavy atom.